The van der Waals surface area contributed by atoms with Gasteiger partial charge in [-0.1, -0.05) is 20.8 Å². The summed E-state index contributed by atoms with van der Waals surface area (Å²) in [5.74, 6) is 1.27. The molecule has 0 aliphatic rings. The first kappa shape index (κ1) is 16.5. The van der Waals surface area contributed by atoms with Crippen molar-refractivity contribution in [1.82, 2.24) is 0 Å². The van der Waals surface area contributed by atoms with Gasteiger partial charge in [0.25, 0.3) is 0 Å². The van der Waals surface area contributed by atoms with Gasteiger partial charge in [0.05, 0.1) is 6.10 Å². The number of ether oxygens (including phenoxy) is 1. The fourth-order valence-corrected chi connectivity index (χ4v) is 1.69. The number of anilines is 1. The second kappa shape index (κ2) is 8.59. The lowest BCUT2D eigenvalue weighted by molar-refractivity contribution is -0.115. The van der Waals surface area contributed by atoms with E-state index in [1.54, 1.807) is 24.3 Å². The van der Waals surface area contributed by atoms with E-state index in [1.165, 1.54) is 0 Å². The van der Waals surface area contributed by atoms with Crippen molar-refractivity contribution in [3.8, 4) is 5.75 Å². The smallest absolute Gasteiger partial charge is 0.224 e. The summed E-state index contributed by atoms with van der Waals surface area (Å²) >= 11 is 0. The maximum Gasteiger partial charge on any atom is 0.224 e. The van der Waals surface area contributed by atoms with Gasteiger partial charge in [-0.25, -0.2) is 0 Å². The molecule has 0 aliphatic heterocycles. The van der Waals surface area contributed by atoms with Crippen LogP contribution in [0.1, 0.15) is 40.0 Å². The van der Waals surface area contributed by atoms with E-state index in [-0.39, 0.29) is 5.91 Å². The zero-order valence-corrected chi connectivity index (χ0v) is 12.6. The van der Waals surface area contributed by atoms with Crippen LogP contribution in [0.4, 0.5) is 5.69 Å². The molecule has 4 heteroatoms. The van der Waals surface area contributed by atoms with E-state index in [9.17, 15) is 9.90 Å². The first-order valence-electron chi connectivity index (χ1n) is 7.22. The van der Waals surface area contributed by atoms with Crippen LogP contribution in [-0.2, 0) is 4.79 Å². The van der Waals surface area contributed by atoms with Gasteiger partial charge in [0.1, 0.15) is 12.4 Å². The molecule has 0 aromatic heterocycles. The van der Waals surface area contributed by atoms with Gasteiger partial charge in [-0.05, 0) is 43.0 Å². The summed E-state index contributed by atoms with van der Waals surface area (Å²) in [6.07, 6.45) is 1.77. The third-order valence-corrected chi connectivity index (χ3v) is 2.98. The quantitative estimate of drug-likeness (QED) is 0.768. The Kier molecular flexibility index (Phi) is 7.09. The second-order valence-electron chi connectivity index (χ2n) is 5.36. The molecule has 1 amide bonds. The molecular weight excluding hydrogens is 254 g/mol. The molecule has 1 unspecified atom stereocenters. The molecule has 0 aliphatic carbocycles. The van der Waals surface area contributed by atoms with Crippen molar-refractivity contribution in [2.75, 3.05) is 11.9 Å². The number of hydrogen-bond donors (Lipinski definition) is 2. The molecule has 1 aromatic rings. The number of carbonyl (C=O) groups excluding carboxylic acids is 1. The van der Waals surface area contributed by atoms with E-state index < -0.39 is 6.10 Å². The molecule has 1 atom stereocenters. The lowest BCUT2D eigenvalue weighted by Gasteiger charge is -2.13. The van der Waals surface area contributed by atoms with Crippen molar-refractivity contribution < 1.29 is 14.6 Å². The monoisotopic (exact) mass is 279 g/mol. The molecule has 0 radical (unpaired) electrons. The molecule has 0 saturated carbocycles. The Balaban J connectivity index is 2.36. The third kappa shape index (κ3) is 6.57. The van der Waals surface area contributed by atoms with Crippen molar-refractivity contribution in [2.24, 2.45) is 5.92 Å². The molecule has 4 nitrogen and oxygen atoms in total. The third-order valence-electron chi connectivity index (χ3n) is 2.98. The van der Waals surface area contributed by atoms with E-state index in [4.69, 9.17) is 4.74 Å². The summed E-state index contributed by atoms with van der Waals surface area (Å²) < 4.78 is 5.52. The molecule has 20 heavy (non-hydrogen) atoms. The number of aliphatic hydroxyl groups excluding tert-OH is 1. The predicted molar refractivity (Wildman–Crippen MR) is 80.9 cm³/mol. The number of hydrogen-bond acceptors (Lipinski definition) is 3. The maximum atomic E-state index is 11.2. The van der Waals surface area contributed by atoms with Gasteiger partial charge in [0, 0.05) is 12.1 Å². The molecule has 1 aromatic carbocycles. The van der Waals surface area contributed by atoms with Gasteiger partial charge in [0.2, 0.25) is 5.91 Å². The Morgan fingerprint density at radius 1 is 1.25 bits per heavy atom. The van der Waals surface area contributed by atoms with Crippen LogP contribution in [0.15, 0.2) is 24.3 Å². The van der Waals surface area contributed by atoms with Crippen molar-refractivity contribution in [1.29, 1.82) is 0 Å². The van der Waals surface area contributed by atoms with Crippen LogP contribution in [0.3, 0.4) is 0 Å². The van der Waals surface area contributed by atoms with E-state index in [0.29, 0.717) is 24.7 Å². The number of rotatable bonds is 8. The van der Waals surface area contributed by atoms with Crippen molar-refractivity contribution in [3.63, 3.8) is 0 Å². The highest BCUT2D eigenvalue weighted by molar-refractivity contribution is 5.90. The lowest BCUT2D eigenvalue weighted by atomic mass is 10.1. The molecule has 0 saturated heterocycles. The molecular formula is C16H25NO3. The van der Waals surface area contributed by atoms with E-state index in [2.05, 4.69) is 19.2 Å². The van der Waals surface area contributed by atoms with Crippen LogP contribution >= 0.6 is 0 Å². The van der Waals surface area contributed by atoms with Crippen LogP contribution in [0.25, 0.3) is 0 Å². The Labute approximate surface area is 121 Å². The minimum absolute atomic E-state index is 0.0113. The SMILES string of the molecule is CCC(=O)Nc1ccc(OCC(O)CCC(C)C)cc1. The number of nitrogens with one attached hydrogen (secondary N) is 1. The zero-order valence-electron chi connectivity index (χ0n) is 12.6. The lowest BCUT2D eigenvalue weighted by Crippen LogP contribution is -2.18. The van der Waals surface area contributed by atoms with Gasteiger partial charge < -0.3 is 15.2 Å². The highest BCUT2D eigenvalue weighted by atomic mass is 16.5. The Morgan fingerprint density at radius 2 is 1.90 bits per heavy atom. The number of benzene rings is 1. The van der Waals surface area contributed by atoms with E-state index in [1.807, 2.05) is 6.92 Å². The molecule has 0 spiro atoms. The largest absolute Gasteiger partial charge is 0.491 e. The molecule has 0 bridgehead atoms. The van der Waals surface area contributed by atoms with E-state index in [0.717, 1.165) is 18.5 Å². The fraction of sp³-hybridized carbons (Fsp3) is 0.562. The maximum absolute atomic E-state index is 11.2. The highest BCUT2D eigenvalue weighted by Gasteiger charge is 2.07. The summed E-state index contributed by atoms with van der Waals surface area (Å²) in [5, 5.41) is 12.6. The minimum Gasteiger partial charge on any atom is -0.491 e. The van der Waals surface area contributed by atoms with Crippen LogP contribution < -0.4 is 10.1 Å². The molecule has 1 rings (SSSR count). The Bertz CT molecular complexity index is 401. The number of aliphatic hydroxyl groups is 1. The van der Waals surface area contributed by atoms with Crippen LogP contribution in [-0.4, -0.2) is 23.7 Å². The van der Waals surface area contributed by atoms with Gasteiger partial charge >= 0.3 is 0 Å². The summed E-state index contributed by atoms with van der Waals surface area (Å²) in [6, 6.07) is 7.17. The van der Waals surface area contributed by atoms with Crippen LogP contribution in [0, 0.1) is 5.92 Å². The average Bonchev–Trinajstić information content (AvgIpc) is 2.44. The fourth-order valence-electron chi connectivity index (χ4n) is 1.69. The topological polar surface area (TPSA) is 58.6 Å². The summed E-state index contributed by atoms with van der Waals surface area (Å²) in [4.78, 5) is 11.2. The van der Waals surface area contributed by atoms with Crippen molar-refractivity contribution in [2.45, 2.75) is 46.1 Å². The Hall–Kier alpha value is -1.55. The number of amides is 1. The Morgan fingerprint density at radius 3 is 2.45 bits per heavy atom. The number of carbonyl (C=O) groups is 1. The normalized spacial score (nSPS) is 12.2. The molecule has 112 valence electrons. The summed E-state index contributed by atoms with van der Waals surface area (Å²) in [5.41, 5.74) is 0.754. The molecule has 2 N–H and O–H groups in total. The first-order valence-corrected chi connectivity index (χ1v) is 7.22. The van der Waals surface area contributed by atoms with Gasteiger partial charge in [-0.2, -0.15) is 0 Å². The molecule has 0 fully saturated rings. The van der Waals surface area contributed by atoms with Gasteiger partial charge in [0.15, 0.2) is 0 Å². The average molecular weight is 279 g/mol. The second-order valence-corrected chi connectivity index (χ2v) is 5.36. The van der Waals surface area contributed by atoms with Gasteiger partial charge in [-0.3, -0.25) is 4.79 Å². The first-order chi connectivity index (χ1) is 9.51. The minimum atomic E-state index is -0.433. The standard InChI is InChI=1S/C16H25NO3/c1-4-16(19)17-13-6-9-15(10-7-13)20-11-14(18)8-5-12(2)3/h6-7,9-10,12,14,18H,4-5,8,11H2,1-3H3,(H,17,19). The molecule has 0 heterocycles. The van der Waals surface area contributed by atoms with Crippen LogP contribution in [0.2, 0.25) is 0 Å². The highest BCUT2D eigenvalue weighted by Crippen LogP contribution is 2.16. The summed E-state index contributed by atoms with van der Waals surface area (Å²) in [7, 11) is 0. The van der Waals surface area contributed by atoms with Crippen molar-refractivity contribution in [3.05, 3.63) is 24.3 Å². The van der Waals surface area contributed by atoms with Gasteiger partial charge in [-0.15, -0.1) is 0 Å². The predicted octanol–water partition coefficient (Wildman–Crippen LogP) is 3.21. The zero-order chi connectivity index (χ0) is 15.0. The summed E-state index contributed by atoms with van der Waals surface area (Å²) in [6.45, 7) is 6.38. The van der Waals surface area contributed by atoms with Crippen molar-refractivity contribution >= 4 is 11.6 Å². The van der Waals surface area contributed by atoms with E-state index >= 15 is 0 Å². The van der Waals surface area contributed by atoms with Crippen LogP contribution in [0.5, 0.6) is 5.75 Å².